The van der Waals surface area contributed by atoms with E-state index in [1.807, 2.05) is 12.1 Å². The molecular weight excluding hydrogens is 336 g/mol. The minimum absolute atomic E-state index is 0.165. The second kappa shape index (κ2) is 5.82. The van der Waals surface area contributed by atoms with Crippen LogP contribution in [-0.4, -0.2) is 10.9 Å². The first-order valence-corrected chi connectivity index (χ1v) is 7.30. The van der Waals surface area contributed by atoms with Crippen LogP contribution in [0.5, 0.6) is 0 Å². The monoisotopic (exact) mass is 344 g/mol. The molecule has 0 spiro atoms. The molecule has 0 bridgehead atoms. The number of halogens is 2. The fraction of sp³-hybridized carbons (Fsp3) is 0.167. The maximum atomic E-state index is 12.0. The number of pyridine rings is 1. The highest BCUT2D eigenvalue weighted by Crippen LogP contribution is 2.25. The van der Waals surface area contributed by atoms with Gasteiger partial charge in [-0.1, -0.05) is 18.5 Å². The van der Waals surface area contributed by atoms with Crippen molar-refractivity contribution in [1.29, 1.82) is 0 Å². The topological polar surface area (TPSA) is 42.0 Å². The first-order chi connectivity index (χ1) is 8.60. The normalized spacial score (nSPS) is 10.4. The van der Waals surface area contributed by atoms with E-state index in [0.29, 0.717) is 10.6 Å². The lowest BCUT2D eigenvalue weighted by molar-refractivity contribution is 0.103. The van der Waals surface area contributed by atoms with Gasteiger partial charge in [-0.25, -0.2) is 4.98 Å². The van der Waals surface area contributed by atoms with Crippen LogP contribution in [-0.2, 0) is 6.42 Å². The number of aryl methyl sites for hydroxylation is 1. The zero-order valence-electron chi connectivity index (χ0n) is 9.54. The van der Waals surface area contributed by atoms with Gasteiger partial charge < -0.3 is 5.32 Å². The summed E-state index contributed by atoms with van der Waals surface area (Å²) in [5.74, 6) is -0.165. The summed E-state index contributed by atoms with van der Waals surface area (Å²) in [4.78, 5) is 17.8. The molecule has 0 aliphatic rings. The number of nitrogens with zero attached hydrogens (tertiary/aromatic N) is 1. The summed E-state index contributed by atoms with van der Waals surface area (Å²) < 4.78 is 0.766. The van der Waals surface area contributed by atoms with Crippen molar-refractivity contribution in [2.45, 2.75) is 13.3 Å². The summed E-state index contributed by atoms with van der Waals surface area (Å²) >= 11 is 10.7. The van der Waals surface area contributed by atoms with Crippen LogP contribution in [0.2, 0.25) is 5.15 Å². The van der Waals surface area contributed by atoms with Crippen molar-refractivity contribution < 1.29 is 4.79 Å². The lowest BCUT2D eigenvalue weighted by Gasteiger charge is -2.05. The van der Waals surface area contributed by atoms with E-state index < -0.39 is 0 Å². The second-order valence-corrected chi connectivity index (χ2v) is 6.01. The Morgan fingerprint density at radius 1 is 1.56 bits per heavy atom. The van der Waals surface area contributed by atoms with Gasteiger partial charge in [0.2, 0.25) is 0 Å². The van der Waals surface area contributed by atoms with Crippen molar-refractivity contribution in [2.24, 2.45) is 0 Å². The molecule has 3 nitrogen and oxygen atoms in total. The number of hydrogen-bond acceptors (Lipinski definition) is 3. The maximum Gasteiger partial charge on any atom is 0.265 e. The molecule has 0 saturated carbocycles. The van der Waals surface area contributed by atoms with Crippen LogP contribution in [0.15, 0.2) is 28.9 Å². The van der Waals surface area contributed by atoms with Crippen molar-refractivity contribution in [3.8, 4) is 0 Å². The average Bonchev–Trinajstić information content (AvgIpc) is 2.82. The van der Waals surface area contributed by atoms with E-state index in [1.165, 1.54) is 16.2 Å². The van der Waals surface area contributed by atoms with Gasteiger partial charge in [-0.2, -0.15) is 0 Å². The molecule has 2 aromatic heterocycles. The predicted octanol–water partition coefficient (Wildman–Crippen LogP) is 4.37. The van der Waals surface area contributed by atoms with E-state index in [2.05, 4.69) is 33.2 Å². The minimum atomic E-state index is -0.165. The zero-order chi connectivity index (χ0) is 13.1. The van der Waals surface area contributed by atoms with Crippen LogP contribution in [0.25, 0.3) is 0 Å². The largest absolute Gasteiger partial charge is 0.319 e. The molecule has 0 fully saturated rings. The van der Waals surface area contributed by atoms with Crippen LogP contribution in [0, 0.1) is 0 Å². The number of carbonyl (C=O) groups excluding carboxylic acids is 1. The van der Waals surface area contributed by atoms with E-state index in [-0.39, 0.29) is 11.1 Å². The SMILES string of the molecule is CCc1ccc(C(=O)Nc2cc(Br)cnc2Cl)s1. The molecule has 0 aliphatic carbocycles. The Hall–Kier alpha value is -0.910. The number of rotatable bonds is 3. The van der Waals surface area contributed by atoms with Gasteiger partial charge in [0.25, 0.3) is 5.91 Å². The molecule has 0 aliphatic heterocycles. The van der Waals surface area contributed by atoms with Crippen LogP contribution in [0.3, 0.4) is 0 Å². The quantitative estimate of drug-likeness (QED) is 0.839. The van der Waals surface area contributed by atoms with Gasteiger partial charge in [-0.05, 0) is 40.5 Å². The van der Waals surface area contributed by atoms with Crippen LogP contribution < -0.4 is 5.32 Å². The van der Waals surface area contributed by atoms with Crippen molar-refractivity contribution in [3.05, 3.63) is 43.8 Å². The van der Waals surface area contributed by atoms with Gasteiger partial charge in [0, 0.05) is 15.5 Å². The number of carbonyl (C=O) groups is 1. The highest BCUT2D eigenvalue weighted by Gasteiger charge is 2.11. The number of aromatic nitrogens is 1. The van der Waals surface area contributed by atoms with Crippen molar-refractivity contribution in [3.63, 3.8) is 0 Å². The number of anilines is 1. The summed E-state index contributed by atoms with van der Waals surface area (Å²) in [6.07, 6.45) is 2.51. The highest BCUT2D eigenvalue weighted by molar-refractivity contribution is 9.10. The van der Waals surface area contributed by atoms with E-state index in [1.54, 1.807) is 12.3 Å². The lowest BCUT2D eigenvalue weighted by atomic mass is 10.3. The fourth-order valence-corrected chi connectivity index (χ4v) is 2.71. The van der Waals surface area contributed by atoms with E-state index in [0.717, 1.165) is 10.9 Å². The first-order valence-electron chi connectivity index (χ1n) is 5.31. The third kappa shape index (κ3) is 3.10. The Kier molecular flexibility index (Phi) is 4.37. The van der Waals surface area contributed by atoms with E-state index in [9.17, 15) is 4.79 Å². The van der Waals surface area contributed by atoms with E-state index >= 15 is 0 Å². The summed E-state index contributed by atoms with van der Waals surface area (Å²) in [6, 6.07) is 5.50. The number of hydrogen-bond donors (Lipinski definition) is 1. The summed E-state index contributed by atoms with van der Waals surface area (Å²) in [5, 5.41) is 3.03. The summed E-state index contributed by atoms with van der Waals surface area (Å²) in [7, 11) is 0. The third-order valence-corrected chi connectivity index (χ3v) is 4.25. The van der Waals surface area contributed by atoms with Gasteiger partial charge in [0.15, 0.2) is 5.15 Å². The lowest BCUT2D eigenvalue weighted by Crippen LogP contribution is -2.10. The van der Waals surface area contributed by atoms with E-state index in [4.69, 9.17) is 11.6 Å². The Labute approximate surface area is 122 Å². The minimum Gasteiger partial charge on any atom is -0.319 e. The Balaban J connectivity index is 2.18. The second-order valence-electron chi connectivity index (χ2n) is 3.57. The van der Waals surface area contributed by atoms with Gasteiger partial charge in [0.05, 0.1) is 10.6 Å². The molecule has 1 N–H and O–H groups in total. The molecule has 0 saturated heterocycles. The van der Waals surface area contributed by atoms with Crippen molar-refractivity contribution in [1.82, 2.24) is 4.98 Å². The zero-order valence-corrected chi connectivity index (χ0v) is 12.7. The molecule has 94 valence electrons. The Bertz CT molecular complexity index is 585. The van der Waals surface area contributed by atoms with Gasteiger partial charge in [-0.3, -0.25) is 4.79 Å². The molecule has 6 heteroatoms. The third-order valence-electron chi connectivity index (χ3n) is 2.29. The van der Waals surface area contributed by atoms with Crippen molar-refractivity contribution >= 4 is 50.5 Å². The fourth-order valence-electron chi connectivity index (χ4n) is 1.38. The number of thiophene rings is 1. The molecule has 0 unspecified atom stereocenters. The van der Waals surface area contributed by atoms with Crippen LogP contribution >= 0.6 is 38.9 Å². The molecule has 18 heavy (non-hydrogen) atoms. The van der Waals surface area contributed by atoms with Crippen LogP contribution in [0.1, 0.15) is 21.5 Å². The van der Waals surface area contributed by atoms with Crippen molar-refractivity contribution in [2.75, 3.05) is 5.32 Å². The molecule has 2 aromatic rings. The van der Waals surface area contributed by atoms with Gasteiger partial charge >= 0.3 is 0 Å². The van der Waals surface area contributed by atoms with Gasteiger partial charge in [0.1, 0.15) is 0 Å². The molecular formula is C12H10BrClN2OS. The number of amides is 1. The first kappa shape index (κ1) is 13.5. The maximum absolute atomic E-state index is 12.0. The molecule has 0 aromatic carbocycles. The average molecular weight is 346 g/mol. The molecule has 1 amide bonds. The standard InChI is InChI=1S/C12H10BrClN2OS/c1-2-8-3-4-10(18-8)12(17)16-9-5-7(13)6-15-11(9)14/h3-6H,2H2,1H3,(H,16,17). The summed E-state index contributed by atoms with van der Waals surface area (Å²) in [6.45, 7) is 2.06. The molecule has 0 radical (unpaired) electrons. The Morgan fingerprint density at radius 2 is 2.33 bits per heavy atom. The van der Waals surface area contributed by atoms with Gasteiger partial charge in [-0.15, -0.1) is 11.3 Å². The number of nitrogens with one attached hydrogen (secondary N) is 1. The highest BCUT2D eigenvalue weighted by atomic mass is 79.9. The summed E-state index contributed by atoms with van der Waals surface area (Å²) in [5.41, 5.74) is 0.502. The smallest absolute Gasteiger partial charge is 0.265 e. The predicted molar refractivity (Wildman–Crippen MR) is 78.6 cm³/mol. The molecule has 2 heterocycles. The molecule has 0 atom stereocenters. The molecule has 2 rings (SSSR count). The Morgan fingerprint density at radius 3 is 3.00 bits per heavy atom. The van der Waals surface area contributed by atoms with Crippen LogP contribution in [0.4, 0.5) is 5.69 Å².